The number of alkyl halides is 3. The van der Waals surface area contributed by atoms with Crippen LogP contribution in [0.4, 0.5) is 19.0 Å². The summed E-state index contributed by atoms with van der Waals surface area (Å²) in [7, 11) is 0. The van der Waals surface area contributed by atoms with Crippen molar-refractivity contribution in [3.63, 3.8) is 0 Å². The predicted molar refractivity (Wildman–Crippen MR) is 108 cm³/mol. The number of anilines is 1. The van der Waals surface area contributed by atoms with Crippen LogP contribution in [0.1, 0.15) is 36.8 Å². The summed E-state index contributed by atoms with van der Waals surface area (Å²) < 4.78 is 40.3. The van der Waals surface area contributed by atoms with E-state index < -0.39 is 11.7 Å². The van der Waals surface area contributed by atoms with Gasteiger partial charge in [0.1, 0.15) is 0 Å². The van der Waals surface area contributed by atoms with Crippen LogP contribution in [0, 0.1) is 0 Å². The Kier molecular flexibility index (Phi) is 5.76. The Morgan fingerprint density at radius 2 is 2.10 bits per heavy atom. The number of amides is 1. The molecule has 158 valence electrons. The van der Waals surface area contributed by atoms with Crippen molar-refractivity contribution >= 4 is 11.7 Å². The fraction of sp³-hybridized carbons (Fsp3) is 0.364. The molecule has 2 N–H and O–H groups in total. The molecule has 2 aromatic rings. The number of imidazole rings is 1. The van der Waals surface area contributed by atoms with E-state index in [2.05, 4.69) is 15.6 Å². The van der Waals surface area contributed by atoms with E-state index in [0.717, 1.165) is 50.1 Å². The number of hydrogen-bond acceptors (Lipinski definition) is 3. The molecular formula is C22H23F3N4O. The third-order valence-electron chi connectivity index (χ3n) is 5.42. The van der Waals surface area contributed by atoms with Crippen molar-refractivity contribution < 1.29 is 18.0 Å². The molecule has 5 nitrogen and oxygen atoms in total. The van der Waals surface area contributed by atoms with Crippen molar-refractivity contribution in [1.29, 1.82) is 0 Å². The van der Waals surface area contributed by atoms with Crippen LogP contribution in [-0.4, -0.2) is 28.5 Å². The number of nitrogens with zero attached hydrogens (tertiary/aromatic N) is 2. The van der Waals surface area contributed by atoms with Crippen LogP contribution in [-0.2, 0) is 17.5 Å². The zero-order valence-electron chi connectivity index (χ0n) is 16.4. The summed E-state index contributed by atoms with van der Waals surface area (Å²) in [4.78, 5) is 16.9. The molecule has 0 radical (unpaired) electrons. The molecule has 0 unspecified atom stereocenters. The fourth-order valence-corrected chi connectivity index (χ4v) is 3.89. The molecule has 1 aliphatic carbocycles. The maximum Gasteiger partial charge on any atom is 0.416 e. The second-order valence-corrected chi connectivity index (χ2v) is 7.66. The average Bonchev–Trinajstić information content (AvgIpc) is 3.02. The first-order valence-electron chi connectivity index (χ1n) is 10.00. The van der Waals surface area contributed by atoms with E-state index in [1.165, 1.54) is 23.5 Å². The van der Waals surface area contributed by atoms with E-state index in [9.17, 15) is 18.0 Å². The largest absolute Gasteiger partial charge is 0.416 e. The van der Waals surface area contributed by atoms with Gasteiger partial charge in [-0.25, -0.2) is 4.98 Å². The first-order chi connectivity index (χ1) is 14.4. The minimum atomic E-state index is -4.37. The van der Waals surface area contributed by atoms with Gasteiger partial charge in [-0.2, -0.15) is 13.2 Å². The lowest BCUT2D eigenvalue weighted by Crippen LogP contribution is -2.24. The highest BCUT2D eigenvalue weighted by Crippen LogP contribution is 2.30. The number of benzene rings is 1. The van der Waals surface area contributed by atoms with Crippen molar-refractivity contribution in [3.8, 4) is 0 Å². The van der Waals surface area contributed by atoms with Crippen molar-refractivity contribution in [2.75, 3.05) is 18.4 Å². The maximum atomic E-state index is 12.9. The molecule has 1 aliphatic heterocycles. The van der Waals surface area contributed by atoms with Crippen LogP contribution in [0.25, 0.3) is 0 Å². The minimum absolute atomic E-state index is 0.174. The predicted octanol–water partition coefficient (Wildman–Crippen LogP) is 4.29. The number of allylic oxidation sites excluding steroid dienone is 1. The first-order valence-corrected chi connectivity index (χ1v) is 10.00. The summed E-state index contributed by atoms with van der Waals surface area (Å²) in [5, 5.41) is 6.19. The van der Waals surface area contributed by atoms with E-state index in [0.29, 0.717) is 17.8 Å². The van der Waals surface area contributed by atoms with E-state index in [1.807, 2.05) is 6.08 Å². The lowest BCUT2D eigenvalue weighted by Gasteiger charge is -2.18. The molecule has 2 heterocycles. The molecule has 1 aromatic carbocycles. The van der Waals surface area contributed by atoms with Crippen molar-refractivity contribution in [1.82, 2.24) is 14.9 Å². The highest BCUT2D eigenvalue weighted by Gasteiger charge is 2.30. The van der Waals surface area contributed by atoms with Crippen molar-refractivity contribution in [2.24, 2.45) is 0 Å². The topological polar surface area (TPSA) is 59.0 Å². The molecule has 30 heavy (non-hydrogen) atoms. The minimum Gasteiger partial charge on any atom is -0.331 e. The smallest absolute Gasteiger partial charge is 0.331 e. The first kappa shape index (κ1) is 20.4. The zero-order chi connectivity index (χ0) is 21.1. The normalized spacial score (nSPS) is 17.2. The quantitative estimate of drug-likeness (QED) is 0.782. The molecule has 0 atom stereocenters. The number of aromatic nitrogens is 2. The monoisotopic (exact) mass is 416 g/mol. The maximum absolute atomic E-state index is 12.9. The summed E-state index contributed by atoms with van der Waals surface area (Å²) in [5.74, 6) is 0.211. The second-order valence-electron chi connectivity index (χ2n) is 7.66. The Balaban J connectivity index is 1.43. The van der Waals surface area contributed by atoms with Crippen molar-refractivity contribution in [3.05, 3.63) is 70.7 Å². The van der Waals surface area contributed by atoms with Gasteiger partial charge in [-0.15, -0.1) is 0 Å². The third-order valence-corrected chi connectivity index (χ3v) is 5.42. The molecule has 1 amide bonds. The molecule has 4 rings (SSSR count). The van der Waals surface area contributed by atoms with E-state index in [-0.39, 0.29) is 12.5 Å². The molecule has 0 saturated carbocycles. The molecule has 1 aromatic heterocycles. The molecule has 0 spiro atoms. The number of halogens is 3. The van der Waals surface area contributed by atoms with Crippen LogP contribution in [0.3, 0.4) is 0 Å². The third kappa shape index (κ3) is 4.81. The highest BCUT2D eigenvalue weighted by molar-refractivity contribution is 6.03. The molecule has 0 saturated heterocycles. The summed E-state index contributed by atoms with van der Waals surface area (Å²) in [6.07, 6.45) is 4.35. The molecule has 8 heteroatoms. The lowest BCUT2D eigenvalue weighted by molar-refractivity contribution is -0.137. The number of rotatable bonds is 4. The SMILES string of the molecule is O=C(Nc1cn(Cc2cccc(C(F)(F)F)c2)cn1)C1=CC2=C(CCC1)CNCC2. The van der Waals surface area contributed by atoms with Gasteiger partial charge in [0.05, 0.1) is 11.9 Å². The van der Waals surface area contributed by atoms with Crippen LogP contribution in [0.5, 0.6) is 0 Å². The van der Waals surface area contributed by atoms with Crippen LogP contribution < -0.4 is 10.6 Å². The van der Waals surface area contributed by atoms with E-state index in [1.54, 1.807) is 16.8 Å². The number of carbonyl (C=O) groups excluding carboxylic acids is 1. The summed E-state index contributed by atoms with van der Waals surface area (Å²) in [6.45, 7) is 2.05. The standard InChI is InChI=1S/C22H23F3N4O/c23-22(24,25)19-6-1-3-15(9-19)12-29-13-20(27-14-29)28-21(30)17-4-2-5-18-11-26-8-7-16(18)10-17/h1,3,6,9-10,13-14,26H,2,4-5,7-8,11-12H2,(H,28,30). The molecule has 0 fully saturated rings. The Bertz CT molecular complexity index is 1000. The van der Waals surface area contributed by atoms with Gasteiger partial charge in [0, 0.05) is 24.9 Å². The van der Waals surface area contributed by atoms with Gasteiger partial charge in [-0.05, 0) is 55.5 Å². The number of nitrogens with one attached hydrogen (secondary N) is 2. The van der Waals surface area contributed by atoms with E-state index >= 15 is 0 Å². The Labute approximate surface area is 172 Å². The Morgan fingerprint density at radius 1 is 1.23 bits per heavy atom. The van der Waals surface area contributed by atoms with Crippen LogP contribution >= 0.6 is 0 Å². The zero-order valence-corrected chi connectivity index (χ0v) is 16.4. The Morgan fingerprint density at radius 3 is 2.93 bits per heavy atom. The van der Waals surface area contributed by atoms with Gasteiger partial charge in [0.25, 0.3) is 5.91 Å². The van der Waals surface area contributed by atoms with Gasteiger partial charge >= 0.3 is 6.18 Å². The van der Waals surface area contributed by atoms with Gasteiger partial charge < -0.3 is 15.2 Å². The van der Waals surface area contributed by atoms with Gasteiger partial charge in [-0.1, -0.05) is 23.8 Å². The number of hydrogen-bond donors (Lipinski definition) is 2. The summed E-state index contributed by atoms with van der Waals surface area (Å²) in [5.41, 5.74) is 3.22. The van der Waals surface area contributed by atoms with E-state index in [4.69, 9.17) is 0 Å². The second kappa shape index (κ2) is 8.47. The molecule has 0 bridgehead atoms. The lowest BCUT2D eigenvalue weighted by atomic mass is 9.99. The molecular weight excluding hydrogens is 393 g/mol. The number of carbonyl (C=O) groups is 1. The van der Waals surface area contributed by atoms with Gasteiger partial charge in [-0.3, -0.25) is 4.79 Å². The summed E-state index contributed by atoms with van der Waals surface area (Å²) in [6, 6.07) is 5.19. The van der Waals surface area contributed by atoms with Crippen LogP contribution in [0.2, 0.25) is 0 Å². The highest BCUT2D eigenvalue weighted by atomic mass is 19.4. The fourth-order valence-electron chi connectivity index (χ4n) is 3.89. The van der Waals surface area contributed by atoms with Gasteiger partial charge in [0.15, 0.2) is 5.82 Å². The van der Waals surface area contributed by atoms with Crippen molar-refractivity contribution in [2.45, 2.75) is 38.4 Å². The average molecular weight is 416 g/mol. The summed E-state index contributed by atoms with van der Waals surface area (Å²) >= 11 is 0. The Hall–Kier alpha value is -2.87. The molecule has 2 aliphatic rings. The van der Waals surface area contributed by atoms with Crippen LogP contribution in [0.15, 0.2) is 59.6 Å². The van der Waals surface area contributed by atoms with Gasteiger partial charge in [0.2, 0.25) is 0 Å².